The second-order valence-electron chi connectivity index (χ2n) is 6.44. The highest BCUT2D eigenvalue weighted by Crippen LogP contribution is 2.38. The number of anilines is 1. The Labute approximate surface area is 126 Å². The molecule has 4 heteroatoms. The number of nitrogens with two attached hydrogens (primary N) is 1. The maximum Gasteiger partial charge on any atom is 0.125 e. The number of piperidine rings is 1. The molecule has 2 N–H and O–H groups in total. The predicted octanol–water partition coefficient (Wildman–Crippen LogP) is 2.39. The number of nitrogens with zero attached hydrogens (tertiary/aromatic N) is 2. The van der Waals surface area contributed by atoms with E-state index in [1.807, 2.05) is 6.07 Å². The third-order valence-corrected chi connectivity index (χ3v) is 5.22. The zero-order valence-electron chi connectivity index (χ0n) is 12.9. The van der Waals surface area contributed by atoms with Crippen molar-refractivity contribution in [1.82, 2.24) is 4.90 Å². The summed E-state index contributed by atoms with van der Waals surface area (Å²) in [6.07, 6.45) is 4.38. The van der Waals surface area contributed by atoms with Gasteiger partial charge in [-0.05, 0) is 49.9 Å². The normalized spacial score (nSPS) is 21.6. The summed E-state index contributed by atoms with van der Waals surface area (Å²) in [6.45, 7) is 7.24. The molecule has 0 saturated carbocycles. The molecular formula is C17H26FN3. The third kappa shape index (κ3) is 2.67. The van der Waals surface area contributed by atoms with E-state index in [9.17, 15) is 4.39 Å². The summed E-state index contributed by atoms with van der Waals surface area (Å²) in [6, 6.07) is 5.20. The Morgan fingerprint density at radius 1 is 1.24 bits per heavy atom. The SMILES string of the molecule is CCCN1CCC(CN)(N2CCc3ccc(F)cc32)CC1. The Bertz CT molecular complexity index is 495. The van der Waals surface area contributed by atoms with E-state index in [-0.39, 0.29) is 11.4 Å². The van der Waals surface area contributed by atoms with Crippen molar-refractivity contribution in [2.75, 3.05) is 37.6 Å². The van der Waals surface area contributed by atoms with Crippen molar-refractivity contribution in [2.45, 2.75) is 38.1 Å². The van der Waals surface area contributed by atoms with Gasteiger partial charge in [0, 0.05) is 31.9 Å². The minimum atomic E-state index is -0.142. The molecule has 0 aliphatic carbocycles. The van der Waals surface area contributed by atoms with Gasteiger partial charge < -0.3 is 15.5 Å². The van der Waals surface area contributed by atoms with Crippen molar-refractivity contribution in [3.05, 3.63) is 29.6 Å². The summed E-state index contributed by atoms with van der Waals surface area (Å²) in [7, 11) is 0. The topological polar surface area (TPSA) is 32.5 Å². The molecule has 3 rings (SSSR count). The smallest absolute Gasteiger partial charge is 0.125 e. The van der Waals surface area contributed by atoms with Gasteiger partial charge in [-0.2, -0.15) is 0 Å². The Balaban J connectivity index is 1.81. The second-order valence-corrected chi connectivity index (χ2v) is 6.44. The lowest BCUT2D eigenvalue weighted by molar-refractivity contribution is 0.160. The van der Waals surface area contributed by atoms with Gasteiger partial charge in [0.15, 0.2) is 0 Å². The Kier molecular flexibility index (Phi) is 4.18. The largest absolute Gasteiger partial charge is 0.364 e. The number of likely N-dealkylation sites (tertiary alicyclic amines) is 1. The molecule has 0 atom stereocenters. The van der Waals surface area contributed by atoms with E-state index in [1.165, 1.54) is 18.5 Å². The van der Waals surface area contributed by atoms with Gasteiger partial charge in [0.25, 0.3) is 0 Å². The van der Waals surface area contributed by atoms with Gasteiger partial charge in [-0.25, -0.2) is 4.39 Å². The van der Waals surface area contributed by atoms with Gasteiger partial charge in [-0.3, -0.25) is 0 Å². The standard InChI is InChI=1S/C17H26FN3/c1-2-8-20-10-6-17(13-19,7-11-20)21-9-5-14-3-4-15(18)12-16(14)21/h3-4,12H,2,5-11,13,19H2,1H3. The second kappa shape index (κ2) is 5.93. The molecule has 1 saturated heterocycles. The molecule has 1 aromatic rings. The number of rotatable bonds is 4. The number of hydrogen-bond acceptors (Lipinski definition) is 3. The van der Waals surface area contributed by atoms with Crippen molar-refractivity contribution in [1.29, 1.82) is 0 Å². The third-order valence-electron chi connectivity index (χ3n) is 5.22. The van der Waals surface area contributed by atoms with Crippen LogP contribution >= 0.6 is 0 Å². The molecule has 0 spiro atoms. The molecule has 1 aromatic carbocycles. The van der Waals surface area contributed by atoms with Crippen molar-refractivity contribution < 1.29 is 4.39 Å². The first-order valence-corrected chi connectivity index (χ1v) is 8.17. The van der Waals surface area contributed by atoms with Crippen LogP contribution < -0.4 is 10.6 Å². The summed E-state index contributed by atoms with van der Waals surface area (Å²) in [5.41, 5.74) is 8.53. The average Bonchev–Trinajstić information content (AvgIpc) is 2.92. The highest BCUT2D eigenvalue weighted by molar-refractivity contribution is 5.60. The van der Waals surface area contributed by atoms with Crippen LogP contribution in [0.5, 0.6) is 0 Å². The van der Waals surface area contributed by atoms with E-state index in [2.05, 4.69) is 16.7 Å². The predicted molar refractivity (Wildman–Crippen MR) is 85.2 cm³/mol. The molecular weight excluding hydrogens is 265 g/mol. The Morgan fingerprint density at radius 2 is 2.00 bits per heavy atom. The molecule has 0 amide bonds. The Hall–Kier alpha value is -1.13. The van der Waals surface area contributed by atoms with E-state index in [1.54, 1.807) is 12.1 Å². The fraction of sp³-hybridized carbons (Fsp3) is 0.647. The highest BCUT2D eigenvalue weighted by Gasteiger charge is 2.41. The van der Waals surface area contributed by atoms with Crippen LogP contribution in [0.25, 0.3) is 0 Å². The first kappa shape index (κ1) is 14.8. The summed E-state index contributed by atoms with van der Waals surface area (Å²) < 4.78 is 13.6. The fourth-order valence-electron chi connectivity index (χ4n) is 3.94. The summed E-state index contributed by atoms with van der Waals surface area (Å²) >= 11 is 0. The zero-order chi connectivity index (χ0) is 14.9. The summed E-state index contributed by atoms with van der Waals surface area (Å²) in [5.74, 6) is -0.142. The fourth-order valence-corrected chi connectivity index (χ4v) is 3.94. The average molecular weight is 291 g/mol. The van der Waals surface area contributed by atoms with Crippen molar-refractivity contribution in [3.8, 4) is 0 Å². The monoisotopic (exact) mass is 291 g/mol. The molecule has 21 heavy (non-hydrogen) atoms. The van der Waals surface area contributed by atoms with E-state index >= 15 is 0 Å². The first-order chi connectivity index (χ1) is 10.2. The number of hydrogen-bond donors (Lipinski definition) is 1. The lowest BCUT2D eigenvalue weighted by Crippen LogP contribution is -2.59. The lowest BCUT2D eigenvalue weighted by Gasteiger charge is -2.48. The van der Waals surface area contributed by atoms with Gasteiger partial charge in [0.05, 0.1) is 5.54 Å². The van der Waals surface area contributed by atoms with E-state index in [4.69, 9.17) is 5.73 Å². The van der Waals surface area contributed by atoms with Crippen LogP contribution in [-0.2, 0) is 6.42 Å². The zero-order valence-corrected chi connectivity index (χ0v) is 12.9. The van der Waals surface area contributed by atoms with E-state index in [0.717, 1.165) is 44.6 Å². The van der Waals surface area contributed by atoms with Crippen LogP contribution in [0.3, 0.4) is 0 Å². The summed E-state index contributed by atoms with van der Waals surface area (Å²) in [5, 5.41) is 0. The van der Waals surface area contributed by atoms with Crippen LogP contribution in [0.15, 0.2) is 18.2 Å². The molecule has 0 unspecified atom stereocenters. The maximum atomic E-state index is 13.6. The van der Waals surface area contributed by atoms with E-state index in [0.29, 0.717) is 6.54 Å². The number of halogens is 1. The van der Waals surface area contributed by atoms with Crippen LogP contribution in [0, 0.1) is 5.82 Å². The Morgan fingerprint density at radius 3 is 2.67 bits per heavy atom. The molecule has 2 aliphatic rings. The van der Waals surface area contributed by atoms with E-state index < -0.39 is 0 Å². The maximum absolute atomic E-state index is 13.6. The van der Waals surface area contributed by atoms with Gasteiger partial charge in [0.1, 0.15) is 5.82 Å². The molecule has 0 radical (unpaired) electrons. The van der Waals surface area contributed by atoms with Gasteiger partial charge in [0.2, 0.25) is 0 Å². The molecule has 0 bridgehead atoms. The minimum Gasteiger partial charge on any atom is -0.364 e. The molecule has 3 nitrogen and oxygen atoms in total. The van der Waals surface area contributed by atoms with Crippen LogP contribution in [0.2, 0.25) is 0 Å². The van der Waals surface area contributed by atoms with Crippen LogP contribution in [0.1, 0.15) is 31.7 Å². The molecule has 1 fully saturated rings. The molecule has 2 aliphatic heterocycles. The molecule has 2 heterocycles. The quantitative estimate of drug-likeness (QED) is 0.924. The van der Waals surface area contributed by atoms with Gasteiger partial charge in [-0.15, -0.1) is 0 Å². The summed E-state index contributed by atoms with van der Waals surface area (Å²) in [4.78, 5) is 4.92. The van der Waals surface area contributed by atoms with Crippen molar-refractivity contribution in [3.63, 3.8) is 0 Å². The van der Waals surface area contributed by atoms with Gasteiger partial charge >= 0.3 is 0 Å². The number of fused-ring (bicyclic) bond motifs is 1. The van der Waals surface area contributed by atoms with Crippen molar-refractivity contribution in [2.24, 2.45) is 5.73 Å². The first-order valence-electron chi connectivity index (χ1n) is 8.17. The molecule has 116 valence electrons. The van der Waals surface area contributed by atoms with Gasteiger partial charge in [-0.1, -0.05) is 13.0 Å². The van der Waals surface area contributed by atoms with Crippen LogP contribution in [0.4, 0.5) is 10.1 Å². The molecule has 0 aromatic heterocycles. The lowest BCUT2D eigenvalue weighted by atomic mass is 9.85. The highest BCUT2D eigenvalue weighted by atomic mass is 19.1. The number of benzene rings is 1. The minimum absolute atomic E-state index is 0.0171. The van der Waals surface area contributed by atoms with Crippen LogP contribution in [-0.4, -0.2) is 43.2 Å². The van der Waals surface area contributed by atoms with Crippen molar-refractivity contribution >= 4 is 5.69 Å².